The van der Waals surface area contributed by atoms with Gasteiger partial charge in [-0.25, -0.2) is 0 Å². The molecule has 14 heavy (non-hydrogen) atoms. The molecule has 0 saturated carbocycles. The fraction of sp³-hybridized carbons (Fsp3) is 0.900. The van der Waals surface area contributed by atoms with Gasteiger partial charge in [-0.15, -0.1) is 11.6 Å². The molecule has 0 fully saturated rings. The number of halogens is 1. The van der Waals surface area contributed by atoms with Gasteiger partial charge in [0.1, 0.15) is 0 Å². The van der Waals surface area contributed by atoms with Crippen molar-refractivity contribution in [1.29, 1.82) is 0 Å². The van der Waals surface area contributed by atoms with Crippen LogP contribution in [0.5, 0.6) is 0 Å². The summed E-state index contributed by atoms with van der Waals surface area (Å²) in [6, 6.07) is 0. The number of hydrogen-bond acceptors (Lipinski definition) is 2. The van der Waals surface area contributed by atoms with Gasteiger partial charge in [-0.2, -0.15) is 11.8 Å². The van der Waals surface area contributed by atoms with Crippen molar-refractivity contribution in [3.05, 3.63) is 0 Å². The smallest absolute Gasteiger partial charge is 0.221 e. The Morgan fingerprint density at radius 1 is 1.57 bits per heavy atom. The van der Waals surface area contributed by atoms with Crippen LogP contribution in [0.2, 0.25) is 0 Å². The van der Waals surface area contributed by atoms with Crippen molar-refractivity contribution in [2.24, 2.45) is 0 Å². The second-order valence-electron chi connectivity index (χ2n) is 3.64. The maximum atomic E-state index is 11.5. The summed E-state index contributed by atoms with van der Waals surface area (Å²) >= 11 is 7.39. The predicted octanol–water partition coefficient (Wildman–Crippen LogP) is 2.65. The van der Waals surface area contributed by atoms with E-state index in [2.05, 4.69) is 12.2 Å². The molecule has 1 atom stereocenters. The molecule has 1 unspecified atom stereocenters. The molecule has 0 rings (SSSR count). The van der Waals surface area contributed by atoms with Gasteiger partial charge < -0.3 is 5.32 Å². The number of carbonyl (C=O) groups is 1. The van der Waals surface area contributed by atoms with Gasteiger partial charge in [0.05, 0.1) is 0 Å². The molecular formula is C10H20ClNOS. The van der Waals surface area contributed by atoms with Crippen LogP contribution in [0.15, 0.2) is 0 Å². The third-order valence-electron chi connectivity index (χ3n) is 2.40. The third-order valence-corrected chi connectivity index (χ3v) is 3.20. The van der Waals surface area contributed by atoms with Gasteiger partial charge in [-0.05, 0) is 26.0 Å². The minimum Gasteiger partial charge on any atom is -0.351 e. The first-order valence-corrected chi connectivity index (χ1v) is 6.86. The van der Waals surface area contributed by atoms with Crippen LogP contribution in [0.1, 0.15) is 33.1 Å². The zero-order chi connectivity index (χ0) is 11.0. The predicted molar refractivity (Wildman–Crippen MR) is 65.2 cm³/mol. The summed E-state index contributed by atoms with van der Waals surface area (Å²) < 4.78 is 0. The van der Waals surface area contributed by atoms with Crippen LogP contribution in [0.4, 0.5) is 0 Å². The van der Waals surface area contributed by atoms with Crippen LogP contribution in [0.25, 0.3) is 0 Å². The Morgan fingerprint density at radius 3 is 2.64 bits per heavy atom. The molecule has 2 nitrogen and oxygen atoms in total. The monoisotopic (exact) mass is 237 g/mol. The lowest BCUT2D eigenvalue weighted by atomic mass is 9.95. The van der Waals surface area contributed by atoms with Gasteiger partial charge in [0, 0.05) is 23.6 Å². The Labute approximate surface area is 96.2 Å². The Bertz CT molecular complexity index is 178. The molecule has 84 valence electrons. The standard InChI is InChI=1S/C10H20ClNOS/c1-4-10(2,6-7-11)12-9(13)5-8-14-3/h4-8H2,1-3H3,(H,12,13). The summed E-state index contributed by atoms with van der Waals surface area (Å²) in [6.45, 7) is 4.12. The van der Waals surface area contributed by atoms with Crippen LogP contribution in [0, 0.1) is 0 Å². The van der Waals surface area contributed by atoms with Crippen molar-refractivity contribution in [3.8, 4) is 0 Å². The average Bonchev–Trinajstić information content (AvgIpc) is 2.15. The van der Waals surface area contributed by atoms with Crippen molar-refractivity contribution in [2.45, 2.75) is 38.6 Å². The zero-order valence-corrected chi connectivity index (χ0v) is 10.8. The van der Waals surface area contributed by atoms with E-state index in [0.717, 1.165) is 18.6 Å². The Hall–Kier alpha value is 0.110. The number of alkyl halides is 1. The second-order valence-corrected chi connectivity index (χ2v) is 5.01. The third kappa shape index (κ3) is 5.76. The number of nitrogens with one attached hydrogen (secondary N) is 1. The normalized spacial score (nSPS) is 14.9. The first-order valence-electron chi connectivity index (χ1n) is 4.94. The fourth-order valence-corrected chi connectivity index (χ4v) is 1.94. The lowest BCUT2D eigenvalue weighted by Gasteiger charge is -2.28. The van der Waals surface area contributed by atoms with Crippen LogP contribution < -0.4 is 5.32 Å². The molecule has 0 saturated heterocycles. The highest BCUT2D eigenvalue weighted by Crippen LogP contribution is 2.15. The molecule has 0 aliphatic rings. The van der Waals surface area contributed by atoms with E-state index >= 15 is 0 Å². The maximum absolute atomic E-state index is 11.5. The van der Waals surface area contributed by atoms with Gasteiger partial charge in [0.15, 0.2) is 0 Å². The van der Waals surface area contributed by atoms with Gasteiger partial charge >= 0.3 is 0 Å². The molecule has 0 aromatic rings. The van der Waals surface area contributed by atoms with Gasteiger partial charge in [0.2, 0.25) is 5.91 Å². The topological polar surface area (TPSA) is 29.1 Å². The summed E-state index contributed by atoms with van der Waals surface area (Å²) in [7, 11) is 0. The molecule has 0 aliphatic carbocycles. The van der Waals surface area contributed by atoms with Crippen molar-refractivity contribution in [2.75, 3.05) is 17.9 Å². The van der Waals surface area contributed by atoms with Crippen LogP contribution in [-0.2, 0) is 4.79 Å². The molecule has 1 amide bonds. The molecule has 4 heteroatoms. The molecular weight excluding hydrogens is 218 g/mol. The number of carbonyl (C=O) groups excluding carboxylic acids is 1. The largest absolute Gasteiger partial charge is 0.351 e. The molecule has 0 aromatic carbocycles. The first-order chi connectivity index (χ1) is 6.58. The lowest BCUT2D eigenvalue weighted by molar-refractivity contribution is -0.122. The van der Waals surface area contributed by atoms with Crippen LogP contribution in [-0.4, -0.2) is 29.3 Å². The minimum atomic E-state index is -0.128. The van der Waals surface area contributed by atoms with E-state index in [9.17, 15) is 4.79 Å². The van der Waals surface area contributed by atoms with Crippen LogP contribution in [0.3, 0.4) is 0 Å². The minimum absolute atomic E-state index is 0.128. The summed E-state index contributed by atoms with van der Waals surface area (Å²) in [5.41, 5.74) is -0.128. The number of amides is 1. The fourth-order valence-electron chi connectivity index (χ4n) is 1.13. The van der Waals surface area contributed by atoms with Crippen molar-refractivity contribution < 1.29 is 4.79 Å². The van der Waals surface area contributed by atoms with E-state index in [4.69, 9.17) is 11.6 Å². The van der Waals surface area contributed by atoms with Crippen molar-refractivity contribution in [3.63, 3.8) is 0 Å². The summed E-state index contributed by atoms with van der Waals surface area (Å²) in [4.78, 5) is 11.5. The molecule has 1 N–H and O–H groups in total. The molecule has 0 heterocycles. The number of thioether (sulfide) groups is 1. The Morgan fingerprint density at radius 2 is 2.21 bits per heavy atom. The SMILES string of the molecule is CCC(C)(CCCl)NC(=O)CCSC. The maximum Gasteiger partial charge on any atom is 0.221 e. The summed E-state index contributed by atoms with van der Waals surface area (Å²) in [5, 5.41) is 3.04. The van der Waals surface area contributed by atoms with Crippen molar-refractivity contribution in [1.82, 2.24) is 5.32 Å². The highest BCUT2D eigenvalue weighted by atomic mass is 35.5. The average molecular weight is 238 g/mol. The quantitative estimate of drug-likeness (QED) is 0.690. The number of rotatable bonds is 7. The van der Waals surface area contributed by atoms with Gasteiger partial charge in [0.25, 0.3) is 0 Å². The number of hydrogen-bond donors (Lipinski definition) is 1. The molecule has 0 bridgehead atoms. The Balaban J connectivity index is 3.96. The highest BCUT2D eigenvalue weighted by molar-refractivity contribution is 7.98. The van der Waals surface area contributed by atoms with Gasteiger partial charge in [-0.1, -0.05) is 6.92 Å². The second kappa shape index (κ2) is 7.41. The first kappa shape index (κ1) is 14.1. The molecule has 0 aliphatic heterocycles. The molecule has 0 spiro atoms. The van der Waals surface area contributed by atoms with E-state index in [0.29, 0.717) is 12.3 Å². The van der Waals surface area contributed by atoms with E-state index in [1.807, 2.05) is 13.2 Å². The summed E-state index contributed by atoms with van der Waals surface area (Å²) in [5.74, 6) is 1.61. The van der Waals surface area contributed by atoms with E-state index in [1.165, 1.54) is 0 Å². The molecule has 0 aromatic heterocycles. The Kier molecular flexibility index (Phi) is 7.47. The lowest BCUT2D eigenvalue weighted by Crippen LogP contribution is -2.45. The van der Waals surface area contributed by atoms with E-state index < -0.39 is 0 Å². The van der Waals surface area contributed by atoms with Crippen LogP contribution >= 0.6 is 23.4 Å². The van der Waals surface area contributed by atoms with E-state index in [-0.39, 0.29) is 11.4 Å². The summed E-state index contributed by atoms with van der Waals surface area (Å²) in [6.07, 6.45) is 4.35. The highest BCUT2D eigenvalue weighted by Gasteiger charge is 2.22. The zero-order valence-electron chi connectivity index (χ0n) is 9.23. The van der Waals surface area contributed by atoms with E-state index in [1.54, 1.807) is 11.8 Å². The van der Waals surface area contributed by atoms with Crippen molar-refractivity contribution >= 4 is 29.3 Å². The molecule has 0 radical (unpaired) electrons. The van der Waals surface area contributed by atoms with Gasteiger partial charge in [-0.3, -0.25) is 4.79 Å².